The predicted octanol–water partition coefficient (Wildman–Crippen LogP) is 4.02. The Balaban J connectivity index is 1.79. The topological polar surface area (TPSA) is 56.4 Å². The van der Waals surface area contributed by atoms with E-state index in [9.17, 15) is 4.79 Å². The number of carbonyl (C=O) groups excluding carboxylic acids is 1. The van der Waals surface area contributed by atoms with Crippen LogP contribution in [-0.2, 0) is 4.79 Å². The smallest absolute Gasteiger partial charge is 0.227 e. The summed E-state index contributed by atoms with van der Waals surface area (Å²) in [4.78, 5) is 12.6. The molecule has 0 fully saturated rings. The number of aryl methyl sites for hydroxylation is 1. The molecule has 0 aliphatic carbocycles. The van der Waals surface area contributed by atoms with Crippen LogP contribution in [-0.4, -0.2) is 17.6 Å². The molecule has 2 aromatic heterocycles. The van der Waals surface area contributed by atoms with E-state index in [2.05, 4.69) is 5.32 Å². The van der Waals surface area contributed by atoms with E-state index in [4.69, 9.17) is 9.15 Å². The average molecular weight is 324 g/mol. The highest BCUT2D eigenvalue weighted by Crippen LogP contribution is 2.27. The van der Waals surface area contributed by atoms with Crippen molar-refractivity contribution < 1.29 is 13.9 Å². The number of hydrogen-bond donors (Lipinski definition) is 1. The standard InChI is InChI=1S/C19H20N2O3/c1-14-7-8-17(23-2)15(12-14)20-19(22)13-16(18-6-5-11-24-18)21-9-3-4-10-21/h3-12,16H,13H2,1-2H3,(H,20,22). The van der Waals surface area contributed by atoms with Crippen molar-refractivity contribution in [2.24, 2.45) is 0 Å². The van der Waals surface area contributed by atoms with E-state index in [0.29, 0.717) is 11.4 Å². The fourth-order valence-corrected chi connectivity index (χ4v) is 2.69. The van der Waals surface area contributed by atoms with Gasteiger partial charge in [0, 0.05) is 12.4 Å². The summed E-state index contributed by atoms with van der Waals surface area (Å²) in [6.45, 7) is 1.97. The van der Waals surface area contributed by atoms with Crippen molar-refractivity contribution in [3.05, 3.63) is 72.4 Å². The minimum absolute atomic E-state index is 0.103. The number of benzene rings is 1. The number of carbonyl (C=O) groups is 1. The average Bonchev–Trinajstić information content (AvgIpc) is 3.27. The van der Waals surface area contributed by atoms with Crippen LogP contribution in [0, 0.1) is 6.92 Å². The number of ether oxygens (including phenoxy) is 1. The second kappa shape index (κ2) is 7.08. The molecule has 3 rings (SSSR count). The number of methoxy groups -OCH3 is 1. The van der Waals surface area contributed by atoms with Crippen molar-refractivity contribution in [1.29, 1.82) is 0 Å². The molecule has 0 aliphatic rings. The van der Waals surface area contributed by atoms with Crippen LogP contribution in [0.3, 0.4) is 0 Å². The zero-order valence-corrected chi connectivity index (χ0v) is 13.7. The number of furan rings is 1. The molecule has 124 valence electrons. The summed E-state index contributed by atoms with van der Waals surface area (Å²) in [7, 11) is 1.59. The van der Waals surface area contributed by atoms with Crippen LogP contribution in [0.1, 0.15) is 23.8 Å². The van der Waals surface area contributed by atoms with E-state index in [1.807, 2.05) is 66.3 Å². The summed E-state index contributed by atoms with van der Waals surface area (Å²) in [5, 5.41) is 2.94. The van der Waals surface area contributed by atoms with Crippen molar-refractivity contribution in [3.63, 3.8) is 0 Å². The molecule has 3 aromatic rings. The number of rotatable bonds is 6. The minimum atomic E-state index is -0.189. The highest BCUT2D eigenvalue weighted by atomic mass is 16.5. The molecule has 0 saturated carbocycles. The molecule has 0 spiro atoms. The third-order valence-corrected chi connectivity index (χ3v) is 3.87. The summed E-state index contributed by atoms with van der Waals surface area (Å²) in [5.74, 6) is 1.29. The first-order valence-corrected chi connectivity index (χ1v) is 7.77. The third-order valence-electron chi connectivity index (χ3n) is 3.87. The zero-order valence-electron chi connectivity index (χ0n) is 13.7. The molecule has 1 N–H and O–H groups in total. The molecule has 1 amide bonds. The number of nitrogens with one attached hydrogen (secondary N) is 1. The molecular formula is C19H20N2O3. The number of nitrogens with zero attached hydrogens (tertiary/aromatic N) is 1. The Morgan fingerprint density at radius 2 is 2.04 bits per heavy atom. The van der Waals surface area contributed by atoms with Gasteiger partial charge >= 0.3 is 0 Å². The molecule has 0 saturated heterocycles. The van der Waals surface area contributed by atoms with E-state index in [1.165, 1.54) is 0 Å². The van der Waals surface area contributed by atoms with Crippen LogP contribution in [0.25, 0.3) is 0 Å². The lowest BCUT2D eigenvalue weighted by molar-refractivity contribution is -0.116. The molecule has 0 aliphatic heterocycles. The SMILES string of the molecule is COc1ccc(C)cc1NC(=O)CC(c1ccco1)n1cccc1. The molecule has 0 radical (unpaired) electrons. The molecular weight excluding hydrogens is 304 g/mol. The Hall–Kier alpha value is -2.95. The summed E-state index contributed by atoms with van der Waals surface area (Å²) in [6.07, 6.45) is 5.73. The fraction of sp³-hybridized carbons (Fsp3) is 0.211. The molecule has 1 unspecified atom stereocenters. The quantitative estimate of drug-likeness (QED) is 0.745. The van der Waals surface area contributed by atoms with E-state index in [1.54, 1.807) is 13.4 Å². The number of anilines is 1. The minimum Gasteiger partial charge on any atom is -0.495 e. The number of amides is 1. The molecule has 5 nitrogen and oxygen atoms in total. The third kappa shape index (κ3) is 3.51. The van der Waals surface area contributed by atoms with Crippen molar-refractivity contribution in [2.75, 3.05) is 12.4 Å². The second-order valence-electron chi connectivity index (χ2n) is 5.62. The maximum atomic E-state index is 12.6. The molecule has 0 bridgehead atoms. The van der Waals surface area contributed by atoms with Crippen LogP contribution < -0.4 is 10.1 Å². The van der Waals surface area contributed by atoms with Gasteiger partial charge in [0.05, 0.1) is 31.5 Å². The molecule has 1 atom stereocenters. The number of aromatic nitrogens is 1. The monoisotopic (exact) mass is 324 g/mol. The highest BCUT2D eigenvalue weighted by Gasteiger charge is 2.20. The highest BCUT2D eigenvalue weighted by molar-refractivity contribution is 5.92. The van der Waals surface area contributed by atoms with Crippen LogP contribution in [0.5, 0.6) is 5.75 Å². The van der Waals surface area contributed by atoms with Crippen molar-refractivity contribution >= 4 is 11.6 Å². The van der Waals surface area contributed by atoms with Gasteiger partial charge in [-0.05, 0) is 48.9 Å². The Bertz CT molecular complexity index is 758. The van der Waals surface area contributed by atoms with Gasteiger partial charge in [0.2, 0.25) is 5.91 Å². The Morgan fingerprint density at radius 3 is 2.71 bits per heavy atom. The first-order chi connectivity index (χ1) is 11.7. The van der Waals surface area contributed by atoms with Crippen molar-refractivity contribution in [3.8, 4) is 5.75 Å². The fourth-order valence-electron chi connectivity index (χ4n) is 2.69. The van der Waals surface area contributed by atoms with Gasteiger partial charge in [-0.15, -0.1) is 0 Å². The van der Waals surface area contributed by atoms with Gasteiger partial charge in [-0.2, -0.15) is 0 Å². The Labute approximate surface area is 140 Å². The normalized spacial score (nSPS) is 11.9. The van der Waals surface area contributed by atoms with Crippen LogP contribution >= 0.6 is 0 Å². The maximum absolute atomic E-state index is 12.6. The van der Waals surface area contributed by atoms with Crippen LogP contribution in [0.4, 0.5) is 5.69 Å². The zero-order chi connectivity index (χ0) is 16.9. The first kappa shape index (κ1) is 15.9. The van der Waals surface area contributed by atoms with E-state index in [0.717, 1.165) is 11.3 Å². The Morgan fingerprint density at radius 1 is 1.25 bits per heavy atom. The van der Waals surface area contributed by atoms with Crippen LogP contribution in [0.15, 0.2) is 65.5 Å². The van der Waals surface area contributed by atoms with E-state index < -0.39 is 0 Å². The summed E-state index contributed by atoms with van der Waals surface area (Å²) in [6, 6.07) is 13.1. The van der Waals surface area contributed by atoms with Gasteiger partial charge < -0.3 is 19.0 Å². The number of hydrogen-bond acceptors (Lipinski definition) is 3. The molecule has 5 heteroatoms. The van der Waals surface area contributed by atoms with Crippen molar-refractivity contribution in [2.45, 2.75) is 19.4 Å². The van der Waals surface area contributed by atoms with Gasteiger partial charge in [0.1, 0.15) is 11.5 Å². The van der Waals surface area contributed by atoms with Gasteiger partial charge in [-0.3, -0.25) is 4.79 Å². The molecule has 24 heavy (non-hydrogen) atoms. The lowest BCUT2D eigenvalue weighted by atomic mass is 10.1. The largest absolute Gasteiger partial charge is 0.495 e. The predicted molar refractivity (Wildman–Crippen MR) is 92.3 cm³/mol. The molecule has 1 aromatic carbocycles. The van der Waals surface area contributed by atoms with Crippen LogP contribution in [0.2, 0.25) is 0 Å². The van der Waals surface area contributed by atoms with Gasteiger partial charge in [-0.25, -0.2) is 0 Å². The maximum Gasteiger partial charge on any atom is 0.227 e. The lowest BCUT2D eigenvalue weighted by Gasteiger charge is -2.17. The van der Waals surface area contributed by atoms with E-state index in [-0.39, 0.29) is 18.4 Å². The molecule has 2 heterocycles. The van der Waals surface area contributed by atoms with Gasteiger partial charge in [0.25, 0.3) is 0 Å². The van der Waals surface area contributed by atoms with Gasteiger partial charge in [0.15, 0.2) is 0 Å². The summed E-state index contributed by atoms with van der Waals surface area (Å²) < 4.78 is 12.8. The van der Waals surface area contributed by atoms with E-state index >= 15 is 0 Å². The second-order valence-corrected chi connectivity index (χ2v) is 5.62. The summed E-state index contributed by atoms with van der Waals surface area (Å²) in [5.41, 5.74) is 1.73. The van der Waals surface area contributed by atoms with Crippen molar-refractivity contribution in [1.82, 2.24) is 4.57 Å². The Kier molecular flexibility index (Phi) is 4.70. The first-order valence-electron chi connectivity index (χ1n) is 7.77. The lowest BCUT2D eigenvalue weighted by Crippen LogP contribution is -2.19. The van der Waals surface area contributed by atoms with Gasteiger partial charge in [-0.1, -0.05) is 6.07 Å². The summed E-state index contributed by atoms with van der Waals surface area (Å²) >= 11 is 0.